The monoisotopic (exact) mass is 356 g/mol. The van der Waals surface area contributed by atoms with Crippen molar-refractivity contribution in [1.29, 1.82) is 5.26 Å². The summed E-state index contributed by atoms with van der Waals surface area (Å²) in [7, 11) is 0. The Kier molecular flexibility index (Phi) is 4.02. The maximum Gasteiger partial charge on any atom is 0.136 e. The van der Waals surface area contributed by atoms with Crippen molar-refractivity contribution in [2.24, 2.45) is 0 Å². The highest BCUT2D eigenvalue weighted by Crippen LogP contribution is 2.25. The standard InChI is InChI=1S/C16H13ClN6S/c17-11-1-2-13-12(4-11)9(5-18)3-14(21-13)20-8-15-22-23-16(24-15)10-6-19-7-10/h1-4,10,19H,6-8H2,(H,20,21). The molecule has 2 N–H and O–H groups in total. The minimum Gasteiger partial charge on any atom is -0.363 e. The van der Waals surface area contributed by atoms with Crippen LogP contribution in [0.5, 0.6) is 0 Å². The summed E-state index contributed by atoms with van der Waals surface area (Å²) in [4.78, 5) is 4.53. The number of pyridine rings is 1. The molecule has 3 aromatic rings. The topological polar surface area (TPSA) is 86.5 Å². The summed E-state index contributed by atoms with van der Waals surface area (Å²) in [6.07, 6.45) is 0. The van der Waals surface area contributed by atoms with E-state index in [0.29, 0.717) is 28.9 Å². The van der Waals surface area contributed by atoms with E-state index >= 15 is 0 Å². The molecule has 1 saturated heterocycles. The number of rotatable bonds is 4. The Bertz CT molecular complexity index is 943. The van der Waals surface area contributed by atoms with Crippen LogP contribution in [-0.4, -0.2) is 28.3 Å². The van der Waals surface area contributed by atoms with Gasteiger partial charge in [0.05, 0.1) is 23.7 Å². The van der Waals surface area contributed by atoms with Crippen LogP contribution in [0, 0.1) is 11.3 Å². The van der Waals surface area contributed by atoms with Crippen molar-refractivity contribution in [2.45, 2.75) is 12.5 Å². The van der Waals surface area contributed by atoms with E-state index in [1.807, 2.05) is 6.07 Å². The Balaban J connectivity index is 1.55. The minimum atomic E-state index is 0.491. The van der Waals surface area contributed by atoms with Crippen LogP contribution in [0.25, 0.3) is 10.9 Å². The first-order valence-electron chi connectivity index (χ1n) is 7.50. The lowest BCUT2D eigenvalue weighted by molar-refractivity contribution is 0.444. The Morgan fingerprint density at radius 3 is 2.96 bits per heavy atom. The summed E-state index contributed by atoms with van der Waals surface area (Å²) >= 11 is 7.62. The second kappa shape index (κ2) is 6.32. The van der Waals surface area contributed by atoms with Crippen molar-refractivity contribution in [3.8, 4) is 6.07 Å². The predicted molar refractivity (Wildman–Crippen MR) is 94.3 cm³/mol. The van der Waals surface area contributed by atoms with Crippen molar-refractivity contribution in [3.63, 3.8) is 0 Å². The summed E-state index contributed by atoms with van der Waals surface area (Å²) in [5, 5.41) is 27.6. The van der Waals surface area contributed by atoms with Crippen LogP contribution >= 0.6 is 22.9 Å². The summed E-state index contributed by atoms with van der Waals surface area (Å²) in [6, 6.07) is 9.28. The van der Waals surface area contributed by atoms with E-state index < -0.39 is 0 Å². The molecule has 24 heavy (non-hydrogen) atoms. The highest BCUT2D eigenvalue weighted by atomic mass is 35.5. The second-order valence-electron chi connectivity index (χ2n) is 5.57. The molecule has 1 aromatic carbocycles. The normalized spacial score (nSPS) is 14.3. The van der Waals surface area contributed by atoms with Gasteiger partial charge in [0.15, 0.2) is 0 Å². The van der Waals surface area contributed by atoms with Gasteiger partial charge in [-0.25, -0.2) is 4.98 Å². The van der Waals surface area contributed by atoms with Crippen LogP contribution in [0.4, 0.5) is 5.82 Å². The van der Waals surface area contributed by atoms with E-state index in [9.17, 15) is 5.26 Å². The third-order valence-electron chi connectivity index (χ3n) is 3.93. The fourth-order valence-corrected chi connectivity index (χ4v) is 3.57. The zero-order chi connectivity index (χ0) is 16.5. The van der Waals surface area contributed by atoms with Crippen molar-refractivity contribution < 1.29 is 0 Å². The molecule has 0 saturated carbocycles. The molecule has 0 bridgehead atoms. The van der Waals surface area contributed by atoms with Gasteiger partial charge in [-0.1, -0.05) is 22.9 Å². The number of hydrogen-bond donors (Lipinski definition) is 2. The minimum absolute atomic E-state index is 0.491. The molecular weight excluding hydrogens is 344 g/mol. The Hall–Kier alpha value is -2.27. The molecule has 1 aliphatic rings. The average Bonchev–Trinajstić information content (AvgIpc) is 2.99. The first kappa shape index (κ1) is 15.3. The third kappa shape index (κ3) is 2.91. The molecular formula is C16H13ClN6S. The number of fused-ring (bicyclic) bond motifs is 1. The van der Waals surface area contributed by atoms with Gasteiger partial charge in [0.2, 0.25) is 0 Å². The molecule has 1 aliphatic heterocycles. The van der Waals surface area contributed by atoms with Gasteiger partial charge >= 0.3 is 0 Å². The first-order valence-corrected chi connectivity index (χ1v) is 8.69. The smallest absolute Gasteiger partial charge is 0.136 e. The number of nitrogens with one attached hydrogen (secondary N) is 2. The Labute approximate surface area is 147 Å². The molecule has 4 rings (SSSR count). The van der Waals surface area contributed by atoms with Gasteiger partial charge in [-0.2, -0.15) is 5.26 Å². The molecule has 0 atom stereocenters. The summed E-state index contributed by atoms with van der Waals surface area (Å²) in [6.45, 7) is 2.49. The maximum absolute atomic E-state index is 9.36. The Morgan fingerprint density at radius 1 is 1.33 bits per heavy atom. The zero-order valence-electron chi connectivity index (χ0n) is 12.6. The number of nitrogens with zero attached hydrogens (tertiary/aromatic N) is 4. The maximum atomic E-state index is 9.36. The third-order valence-corrected chi connectivity index (χ3v) is 5.25. The molecule has 3 heterocycles. The van der Waals surface area contributed by atoms with E-state index in [1.165, 1.54) is 0 Å². The summed E-state index contributed by atoms with van der Waals surface area (Å²) < 4.78 is 0. The molecule has 1 fully saturated rings. The largest absolute Gasteiger partial charge is 0.363 e. The van der Waals surface area contributed by atoms with Gasteiger partial charge < -0.3 is 10.6 Å². The number of benzene rings is 1. The van der Waals surface area contributed by atoms with E-state index in [1.54, 1.807) is 29.5 Å². The summed E-state index contributed by atoms with van der Waals surface area (Å²) in [5.41, 5.74) is 1.28. The summed E-state index contributed by atoms with van der Waals surface area (Å²) in [5.74, 6) is 1.13. The van der Waals surface area contributed by atoms with Gasteiger partial charge in [0.25, 0.3) is 0 Å². The molecule has 0 radical (unpaired) electrons. The number of hydrogen-bond acceptors (Lipinski definition) is 7. The molecule has 2 aromatic heterocycles. The van der Waals surface area contributed by atoms with Crippen LogP contribution in [0.3, 0.4) is 0 Å². The molecule has 0 unspecified atom stereocenters. The predicted octanol–water partition coefficient (Wildman–Crippen LogP) is 2.91. The van der Waals surface area contributed by atoms with Crippen molar-refractivity contribution in [1.82, 2.24) is 20.5 Å². The lowest BCUT2D eigenvalue weighted by Crippen LogP contribution is -2.39. The van der Waals surface area contributed by atoms with E-state index in [4.69, 9.17) is 11.6 Å². The second-order valence-corrected chi connectivity index (χ2v) is 7.10. The fourth-order valence-electron chi connectivity index (χ4n) is 2.51. The van der Waals surface area contributed by atoms with E-state index in [-0.39, 0.29) is 0 Å². The number of halogens is 1. The highest BCUT2D eigenvalue weighted by Gasteiger charge is 2.22. The quantitative estimate of drug-likeness (QED) is 0.747. The zero-order valence-corrected chi connectivity index (χ0v) is 14.2. The number of aromatic nitrogens is 3. The van der Waals surface area contributed by atoms with Crippen LogP contribution in [0.2, 0.25) is 5.02 Å². The van der Waals surface area contributed by atoms with Crippen LogP contribution < -0.4 is 10.6 Å². The van der Waals surface area contributed by atoms with Crippen LogP contribution in [0.15, 0.2) is 24.3 Å². The SMILES string of the molecule is N#Cc1cc(NCc2nnc(C3CNC3)s2)nc2ccc(Cl)cc12. The molecule has 6 nitrogen and oxygen atoms in total. The molecule has 0 aliphatic carbocycles. The fraction of sp³-hybridized carbons (Fsp3) is 0.250. The van der Waals surface area contributed by atoms with E-state index in [0.717, 1.165) is 34.0 Å². The number of anilines is 1. The van der Waals surface area contributed by atoms with Gasteiger partial charge in [0.1, 0.15) is 15.8 Å². The van der Waals surface area contributed by atoms with Crippen LogP contribution in [0.1, 0.15) is 21.5 Å². The van der Waals surface area contributed by atoms with E-state index in [2.05, 4.69) is 31.9 Å². The van der Waals surface area contributed by atoms with Gasteiger partial charge in [-0.05, 0) is 24.3 Å². The van der Waals surface area contributed by atoms with Gasteiger partial charge in [0, 0.05) is 29.4 Å². The lowest BCUT2D eigenvalue weighted by atomic mass is 10.1. The average molecular weight is 357 g/mol. The van der Waals surface area contributed by atoms with Gasteiger partial charge in [-0.15, -0.1) is 10.2 Å². The van der Waals surface area contributed by atoms with Gasteiger partial charge in [-0.3, -0.25) is 0 Å². The lowest BCUT2D eigenvalue weighted by Gasteiger charge is -2.23. The van der Waals surface area contributed by atoms with Crippen molar-refractivity contribution in [2.75, 3.05) is 18.4 Å². The van der Waals surface area contributed by atoms with Crippen LogP contribution in [-0.2, 0) is 6.54 Å². The Morgan fingerprint density at radius 2 is 2.21 bits per heavy atom. The number of nitriles is 1. The van der Waals surface area contributed by atoms with Crippen molar-refractivity contribution >= 4 is 39.7 Å². The molecule has 0 amide bonds. The highest BCUT2D eigenvalue weighted by molar-refractivity contribution is 7.11. The molecule has 120 valence electrons. The molecule has 8 heteroatoms. The molecule has 0 spiro atoms. The first-order chi connectivity index (χ1) is 11.7. The van der Waals surface area contributed by atoms with Crippen molar-refractivity contribution in [3.05, 3.63) is 44.9 Å².